The van der Waals surface area contributed by atoms with Crippen LogP contribution in [-0.4, -0.2) is 35.0 Å². The summed E-state index contributed by atoms with van der Waals surface area (Å²) in [7, 11) is 0. The summed E-state index contributed by atoms with van der Waals surface area (Å²) in [6, 6.07) is 0. The van der Waals surface area contributed by atoms with Gasteiger partial charge in [0.1, 0.15) is 0 Å². The van der Waals surface area contributed by atoms with Crippen LogP contribution in [0.4, 0.5) is 0 Å². The van der Waals surface area contributed by atoms with Crippen molar-refractivity contribution in [3.8, 4) is 0 Å². The minimum absolute atomic E-state index is 0.190. The predicted octanol–water partition coefficient (Wildman–Crippen LogP) is 0.798. The van der Waals surface area contributed by atoms with E-state index in [2.05, 4.69) is 0 Å². The molecular weight excluding hydrogens is 172 g/mol. The molecule has 4 nitrogen and oxygen atoms in total. The summed E-state index contributed by atoms with van der Waals surface area (Å²) in [6.45, 7) is 4.50. The van der Waals surface area contributed by atoms with E-state index in [4.69, 9.17) is 14.6 Å². The standard InChI is InChI=1S/C9H14O4/c1-8(2)4-9(5-12-9)3-6(13-8)7(10)11/h6H,3-5H2,1-2H3,(H,10,11). The molecule has 2 unspecified atom stereocenters. The summed E-state index contributed by atoms with van der Waals surface area (Å²) in [5, 5.41) is 8.85. The third-order valence-electron chi connectivity index (χ3n) is 2.59. The largest absolute Gasteiger partial charge is 0.479 e. The van der Waals surface area contributed by atoms with Crippen LogP contribution in [0.15, 0.2) is 0 Å². The van der Waals surface area contributed by atoms with Crippen LogP contribution in [0.1, 0.15) is 26.7 Å². The molecule has 2 atom stereocenters. The SMILES string of the molecule is CC1(C)CC2(CO2)CC(C(=O)O)O1. The summed E-state index contributed by atoms with van der Waals surface area (Å²) in [4.78, 5) is 10.8. The zero-order valence-electron chi connectivity index (χ0n) is 7.87. The second-order valence-electron chi connectivity index (χ2n) is 4.56. The second-order valence-corrected chi connectivity index (χ2v) is 4.56. The van der Waals surface area contributed by atoms with E-state index in [9.17, 15) is 4.79 Å². The average molecular weight is 186 g/mol. The Bertz CT molecular complexity index is 236. The Kier molecular flexibility index (Phi) is 1.69. The maximum Gasteiger partial charge on any atom is 0.332 e. The molecule has 4 heteroatoms. The van der Waals surface area contributed by atoms with Gasteiger partial charge in [-0.3, -0.25) is 0 Å². The molecule has 0 saturated carbocycles. The molecule has 2 aliphatic rings. The van der Waals surface area contributed by atoms with Gasteiger partial charge in [-0.1, -0.05) is 0 Å². The van der Waals surface area contributed by atoms with Gasteiger partial charge in [0.05, 0.1) is 17.8 Å². The van der Waals surface area contributed by atoms with Crippen LogP contribution in [0.2, 0.25) is 0 Å². The van der Waals surface area contributed by atoms with Gasteiger partial charge < -0.3 is 14.6 Å². The molecule has 1 N–H and O–H groups in total. The summed E-state index contributed by atoms with van der Waals surface area (Å²) < 4.78 is 10.7. The van der Waals surface area contributed by atoms with E-state index in [1.165, 1.54) is 0 Å². The van der Waals surface area contributed by atoms with E-state index in [0.29, 0.717) is 13.0 Å². The van der Waals surface area contributed by atoms with Crippen molar-refractivity contribution in [3.63, 3.8) is 0 Å². The molecule has 0 amide bonds. The van der Waals surface area contributed by atoms with Crippen molar-refractivity contribution in [2.24, 2.45) is 0 Å². The zero-order chi connectivity index (χ0) is 9.69. The Hall–Kier alpha value is -0.610. The fraction of sp³-hybridized carbons (Fsp3) is 0.889. The first-order valence-corrected chi connectivity index (χ1v) is 4.47. The number of rotatable bonds is 1. The maximum absolute atomic E-state index is 10.8. The quantitative estimate of drug-likeness (QED) is 0.615. The normalized spacial score (nSPS) is 41.8. The van der Waals surface area contributed by atoms with Crippen LogP contribution in [-0.2, 0) is 14.3 Å². The molecule has 1 spiro atoms. The number of hydrogen-bond donors (Lipinski definition) is 1. The smallest absolute Gasteiger partial charge is 0.332 e. The number of epoxide rings is 1. The molecule has 0 aromatic carbocycles. The average Bonchev–Trinajstić information content (AvgIpc) is 2.64. The number of ether oxygens (including phenoxy) is 2. The van der Waals surface area contributed by atoms with E-state index in [1.54, 1.807) is 0 Å². The molecule has 13 heavy (non-hydrogen) atoms. The summed E-state index contributed by atoms with van der Waals surface area (Å²) in [5.74, 6) is -0.886. The van der Waals surface area contributed by atoms with Gasteiger partial charge in [-0.15, -0.1) is 0 Å². The second kappa shape index (κ2) is 2.45. The van der Waals surface area contributed by atoms with E-state index in [-0.39, 0.29) is 11.2 Å². The van der Waals surface area contributed by atoms with Crippen molar-refractivity contribution in [2.75, 3.05) is 6.61 Å². The first-order chi connectivity index (χ1) is 5.93. The number of hydrogen-bond acceptors (Lipinski definition) is 3. The predicted molar refractivity (Wildman–Crippen MR) is 44.5 cm³/mol. The van der Waals surface area contributed by atoms with Crippen molar-refractivity contribution in [1.82, 2.24) is 0 Å². The molecule has 74 valence electrons. The highest BCUT2D eigenvalue weighted by atomic mass is 16.6. The number of carboxylic acid groups (broad SMARTS) is 1. The minimum atomic E-state index is -0.886. The molecule has 0 aromatic heterocycles. The lowest BCUT2D eigenvalue weighted by Crippen LogP contribution is -2.46. The molecule has 0 radical (unpaired) electrons. The van der Waals surface area contributed by atoms with Gasteiger partial charge >= 0.3 is 5.97 Å². The monoisotopic (exact) mass is 186 g/mol. The Morgan fingerprint density at radius 1 is 1.54 bits per heavy atom. The third kappa shape index (κ3) is 1.69. The van der Waals surface area contributed by atoms with Gasteiger partial charge in [-0.25, -0.2) is 4.79 Å². The van der Waals surface area contributed by atoms with Crippen LogP contribution >= 0.6 is 0 Å². The van der Waals surface area contributed by atoms with Gasteiger partial charge in [0.2, 0.25) is 0 Å². The molecule has 2 fully saturated rings. The summed E-state index contributed by atoms with van der Waals surface area (Å²) >= 11 is 0. The van der Waals surface area contributed by atoms with E-state index >= 15 is 0 Å². The molecule has 0 aliphatic carbocycles. The molecule has 0 aromatic rings. The lowest BCUT2D eigenvalue weighted by Gasteiger charge is -2.37. The first-order valence-electron chi connectivity index (χ1n) is 4.47. The lowest BCUT2D eigenvalue weighted by molar-refractivity contribution is -0.176. The van der Waals surface area contributed by atoms with Gasteiger partial charge in [0.25, 0.3) is 0 Å². The zero-order valence-corrected chi connectivity index (χ0v) is 7.87. The highest BCUT2D eigenvalue weighted by molar-refractivity contribution is 5.72. The minimum Gasteiger partial charge on any atom is -0.479 e. The molecule has 0 bridgehead atoms. The Morgan fingerprint density at radius 3 is 2.62 bits per heavy atom. The van der Waals surface area contributed by atoms with E-state index in [1.807, 2.05) is 13.8 Å². The van der Waals surface area contributed by atoms with Gasteiger partial charge in [-0.05, 0) is 13.8 Å². The lowest BCUT2D eigenvalue weighted by atomic mass is 9.86. The highest BCUT2D eigenvalue weighted by Gasteiger charge is 2.55. The van der Waals surface area contributed by atoms with Crippen LogP contribution in [0.3, 0.4) is 0 Å². The third-order valence-corrected chi connectivity index (χ3v) is 2.59. The Labute approximate surface area is 76.8 Å². The summed E-state index contributed by atoms with van der Waals surface area (Å²) in [6.07, 6.45) is 0.585. The van der Waals surface area contributed by atoms with Crippen LogP contribution in [0, 0.1) is 0 Å². The number of carboxylic acids is 1. The number of carbonyl (C=O) groups is 1. The van der Waals surface area contributed by atoms with Crippen molar-refractivity contribution < 1.29 is 19.4 Å². The van der Waals surface area contributed by atoms with E-state index < -0.39 is 12.1 Å². The Balaban J connectivity index is 2.12. The number of aliphatic carboxylic acids is 1. The molecule has 2 saturated heterocycles. The fourth-order valence-electron chi connectivity index (χ4n) is 2.11. The van der Waals surface area contributed by atoms with Crippen LogP contribution < -0.4 is 0 Å². The van der Waals surface area contributed by atoms with Gasteiger partial charge in [0.15, 0.2) is 6.10 Å². The Morgan fingerprint density at radius 2 is 2.15 bits per heavy atom. The molecular formula is C9H14O4. The van der Waals surface area contributed by atoms with Gasteiger partial charge in [0, 0.05) is 12.8 Å². The molecule has 2 aliphatic heterocycles. The fourth-order valence-corrected chi connectivity index (χ4v) is 2.11. The van der Waals surface area contributed by atoms with Crippen molar-refractivity contribution in [3.05, 3.63) is 0 Å². The molecule has 2 rings (SSSR count). The topological polar surface area (TPSA) is 59.1 Å². The van der Waals surface area contributed by atoms with Crippen molar-refractivity contribution >= 4 is 5.97 Å². The maximum atomic E-state index is 10.8. The van der Waals surface area contributed by atoms with Crippen molar-refractivity contribution in [2.45, 2.75) is 44.0 Å². The van der Waals surface area contributed by atoms with Crippen LogP contribution in [0.5, 0.6) is 0 Å². The van der Waals surface area contributed by atoms with Crippen LogP contribution in [0.25, 0.3) is 0 Å². The van der Waals surface area contributed by atoms with E-state index in [0.717, 1.165) is 6.42 Å². The first kappa shape index (κ1) is 8.97. The van der Waals surface area contributed by atoms with Crippen molar-refractivity contribution in [1.29, 1.82) is 0 Å². The molecule has 2 heterocycles. The highest BCUT2D eigenvalue weighted by Crippen LogP contribution is 2.45. The summed E-state index contributed by atoms with van der Waals surface area (Å²) in [5.41, 5.74) is -0.567. The van der Waals surface area contributed by atoms with Gasteiger partial charge in [-0.2, -0.15) is 0 Å².